The van der Waals surface area contributed by atoms with Gasteiger partial charge in [0.25, 0.3) is 0 Å². The molecule has 0 aromatic heterocycles. The Morgan fingerprint density at radius 3 is 2.18 bits per heavy atom. The Morgan fingerprint density at radius 2 is 1.47 bits per heavy atom. The number of thiocarbonyl (C=S) groups is 1. The molecular formula is C31H33N3O3S. The third-order valence-electron chi connectivity index (χ3n) is 6.23. The molecule has 0 saturated carbocycles. The summed E-state index contributed by atoms with van der Waals surface area (Å²) in [5.41, 5.74) is 7.28. The highest BCUT2D eigenvalue weighted by Crippen LogP contribution is 2.21. The number of nitrogens with two attached hydrogens (primary N) is 1. The number of nitrogens with one attached hydrogen (secondary N) is 2. The van der Waals surface area contributed by atoms with Gasteiger partial charge in [-0.2, -0.15) is 0 Å². The number of rotatable bonds is 8. The van der Waals surface area contributed by atoms with Crippen LogP contribution in [-0.2, 0) is 22.4 Å². The Labute approximate surface area is 228 Å². The molecule has 4 N–H and O–H groups in total. The molecule has 0 spiro atoms. The van der Waals surface area contributed by atoms with Gasteiger partial charge in [-0.25, -0.2) is 4.79 Å². The van der Waals surface area contributed by atoms with Gasteiger partial charge in [-0.05, 0) is 59.9 Å². The van der Waals surface area contributed by atoms with Gasteiger partial charge in [0.1, 0.15) is 11.6 Å². The average Bonchev–Trinajstić information content (AvgIpc) is 2.87. The molecule has 6 nitrogen and oxygen atoms in total. The lowest BCUT2D eigenvalue weighted by molar-refractivity contribution is -0.123. The first-order chi connectivity index (χ1) is 18.1. The highest BCUT2D eigenvalue weighted by atomic mass is 32.1. The second-order valence-corrected chi connectivity index (χ2v) is 10.9. The molecular weight excluding hydrogens is 494 g/mol. The van der Waals surface area contributed by atoms with Gasteiger partial charge in [0.15, 0.2) is 0 Å². The lowest BCUT2D eigenvalue weighted by atomic mass is 9.97. The van der Waals surface area contributed by atoms with Crippen LogP contribution in [-0.4, -0.2) is 34.7 Å². The molecule has 2 atom stereocenters. The van der Waals surface area contributed by atoms with Crippen LogP contribution in [0.2, 0.25) is 0 Å². The van der Waals surface area contributed by atoms with E-state index in [1.54, 1.807) is 20.8 Å². The fourth-order valence-electron chi connectivity index (χ4n) is 4.45. The highest BCUT2D eigenvalue weighted by Gasteiger charge is 2.27. The molecule has 0 unspecified atom stereocenters. The van der Waals surface area contributed by atoms with Crippen molar-refractivity contribution in [3.8, 4) is 0 Å². The average molecular weight is 528 g/mol. The van der Waals surface area contributed by atoms with Crippen molar-refractivity contribution in [1.29, 1.82) is 0 Å². The summed E-state index contributed by atoms with van der Waals surface area (Å²) in [6, 6.07) is 26.5. The second-order valence-electron chi connectivity index (χ2n) is 10.4. The molecule has 4 rings (SSSR count). The molecule has 0 bridgehead atoms. The summed E-state index contributed by atoms with van der Waals surface area (Å²) in [5, 5.41) is 10.0. The first kappa shape index (κ1) is 27.1. The van der Waals surface area contributed by atoms with E-state index >= 15 is 0 Å². The summed E-state index contributed by atoms with van der Waals surface area (Å²) in [6.45, 7) is 5.33. The molecule has 0 aliphatic heterocycles. The molecule has 38 heavy (non-hydrogen) atoms. The molecule has 4 aromatic carbocycles. The van der Waals surface area contributed by atoms with Crippen LogP contribution in [0.5, 0.6) is 0 Å². The topological polar surface area (TPSA) is 93.4 Å². The summed E-state index contributed by atoms with van der Waals surface area (Å²) in [5.74, 6) is -0.387. The molecule has 7 heteroatoms. The molecule has 0 aliphatic carbocycles. The minimum atomic E-state index is -0.899. The maximum atomic E-state index is 13.6. The minimum Gasteiger partial charge on any atom is -0.444 e. The van der Waals surface area contributed by atoms with Crippen molar-refractivity contribution in [3.63, 3.8) is 0 Å². The van der Waals surface area contributed by atoms with Gasteiger partial charge in [0.2, 0.25) is 5.91 Å². The first-order valence-electron chi connectivity index (χ1n) is 12.6. The number of ether oxygens (including phenoxy) is 1. The predicted molar refractivity (Wildman–Crippen MR) is 157 cm³/mol. The first-order valence-corrected chi connectivity index (χ1v) is 13.0. The summed E-state index contributed by atoms with van der Waals surface area (Å²) >= 11 is 5.32. The number of amides is 2. The van der Waals surface area contributed by atoms with Crippen LogP contribution < -0.4 is 16.4 Å². The van der Waals surface area contributed by atoms with Gasteiger partial charge in [-0.3, -0.25) is 4.79 Å². The van der Waals surface area contributed by atoms with E-state index in [1.165, 1.54) is 0 Å². The molecule has 2 amide bonds. The Morgan fingerprint density at radius 1 is 0.816 bits per heavy atom. The second kappa shape index (κ2) is 11.6. The monoisotopic (exact) mass is 527 g/mol. The fraction of sp³-hybridized carbons (Fsp3) is 0.258. The molecule has 196 valence electrons. The van der Waals surface area contributed by atoms with Gasteiger partial charge in [-0.15, -0.1) is 0 Å². The maximum absolute atomic E-state index is 13.6. The smallest absolute Gasteiger partial charge is 0.408 e. The summed E-state index contributed by atoms with van der Waals surface area (Å²) < 4.78 is 5.45. The summed E-state index contributed by atoms with van der Waals surface area (Å²) in [6.07, 6.45) is 0.0329. The molecule has 0 fully saturated rings. The zero-order valence-corrected chi connectivity index (χ0v) is 22.7. The Kier molecular flexibility index (Phi) is 8.27. The number of benzene rings is 4. The summed E-state index contributed by atoms with van der Waals surface area (Å²) in [7, 11) is 0. The zero-order valence-electron chi connectivity index (χ0n) is 21.9. The normalized spacial score (nSPS) is 13.0. The van der Waals surface area contributed by atoms with Crippen LogP contribution >= 0.6 is 12.2 Å². The van der Waals surface area contributed by atoms with Crippen molar-refractivity contribution in [3.05, 3.63) is 96.1 Å². The zero-order chi connectivity index (χ0) is 27.3. The third kappa shape index (κ3) is 7.07. The van der Waals surface area contributed by atoms with Crippen LogP contribution in [0, 0.1) is 0 Å². The lowest BCUT2D eigenvalue weighted by Gasteiger charge is -2.25. The van der Waals surface area contributed by atoms with E-state index in [2.05, 4.69) is 16.7 Å². The molecule has 0 radical (unpaired) electrons. The summed E-state index contributed by atoms with van der Waals surface area (Å²) in [4.78, 5) is 26.5. The fourth-order valence-corrected chi connectivity index (χ4v) is 4.59. The number of fused-ring (bicyclic) bond motifs is 2. The van der Waals surface area contributed by atoms with Crippen LogP contribution in [0.25, 0.3) is 21.5 Å². The van der Waals surface area contributed by atoms with E-state index in [4.69, 9.17) is 22.7 Å². The lowest BCUT2D eigenvalue weighted by Crippen LogP contribution is -2.54. The molecule has 0 saturated heterocycles. The maximum Gasteiger partial charge on any atom is 0.408 e. The third-order valence-corrected chi connectivity index (χ3v) is 6.51. The van der Waals surface area contributed by atoms with Crippen molar-refractivity contribution in [2.45, 2.75) is 51.3 Å². The van der Waals surface area contributed by atoms with Crippen LogP contribution in [0.3, 0.4) is 0 Å². The van der Waals surface area contributed by atoms with Crippen molar-refractivity contribution in [1.82, 2.24) is 10.6 Å². The standard InChI is InChI=1S/C31H33N3O3S/c1-31(2,3)37-30(36)34-27(19-24-13-8-12-22-10-6-7-14-25(22)24)29(35)33-26(28(32)38)18-20-15-16-21-9-4-5-11-23(21)17-20/h4-17,26-27H,18-19H2,1-3H3,(H2,32,38)(H,33,35)(H,34,36)/t26-,27-/m1/s1. The van der Waals surface area contributed by atoms with E-state index in [9.17, 15) is 9.59 Å². The van der Waals surface area contributed by atoms with Crippen LogP contribution in [0.4, 0.5) is 4.79 Å². The number of hydrogen-bond acceptors (Lipinski definition) is 4. The van der Waals surface area contributed by atoms with Crippen molar-refractivity contribution >= 4 is 50.8 Å². The van der Waals surface area contributed by atoms with Gasteiger partial charge in [-0.1, -0.05) is 97.1 Å². The van der Waals surface area contributed by atoms with E-state index in [0.717, 1.165) is 32.7 Å². The molecule has 0 heterocycles. The van der Waals surface area contributed by atoms with E-state index in [1.807, 2.05) is 78.9 Å². The van der Waals surface area contributed by atoms with Gasteiger partial charge in [0, 0.05) is 6.42 Å². The van der Waals surface area contributed by atoms with E-state index in [-0.39, 0.29) is 17.3 Å². The number of alkyl carbamates (subject to hydrolysis) is 1. The predicted octanol–water partition coefficient (Wildman–Crippen LogP) is 5.44. The van der Waals surface area contributed by atoms with Gasteiger partial charge in [0.05, 0.1) is 11.0 Å². The van der Waals surface area contributed by atoms with Crippen molar-refractivity contribution < 1.29 is 14.3 Å². The van der Waals surface area contributed by atoms with Crippen LogP contribution in [0.15, 0.2) is 84.9 Å². The molecule has 0 aliphatic rings. The number of carbonyl (C=O) groups excluding carboxylic acids is 2. The van der Waals surface area contributed by atoms with Crippen molar-refractivity contribution in [2.75, 3.05) is 0 Å². The van der Waals surface area contributed by atoms with Crippen LogP contribution in [0.1, 0.15) is 31.9 Å². The van der Waals surface area contributed by atoms with Gasteiger partial charge < -0.3 is 21.1 Å². The van der Waals surface area contributed by atoms with Crippen molar-refractivity contribution in [2.24, 2.45) is 5.73 Å². The minimum absolute atomic E-state index is 0.174. The molecule has 4 aromatic rings. The quantitative estimate of drug-likeness (QED) is 0.265. The Bertz CT molecular complexity index is 1470. The Hall–Kier alpha value is -3.97. The SMILES string of the molecule is CC(C)(C)OC(=O)N[C@H](Cc1cccc2ccccc12)C(=O)N[C@H](Cc1ccc2ccccc2c1)C(N)=S. The number of hydrogen-bond donors (Lipinski definition) is 3. The highest BCUT2D eigenvalue weighted by molar-refractivity contribution is 7.80. The largest absolute Gasteiger partial charge is 0.444 e. The van der Waals surface area contributed by atoms with E-state index in [0.29, 0.717) is 6.42 Å². The number of carbonyl (C=O) groups is 2. The Balaban J connectivity index is 1.57. The van der Waals surface area contributed by atoms with Gasteiger partial charge >= 0.3 is 6.09 Å². The van der Waals surface area contributed by atoms with E-state index < -0.39 is 23.8 Å².